The van der Waals surface area contributed by atoms with Crippen LogP contribution in [-0.4, -0.2) is 82.3 Å². The quantitative estimate of drug-likeness (QED) is 0.0264. The number of esters is 2. The first kappa shape index (κ1) is 43.0. The van der Waals surface area contributed by atoms with Gasteiger partial charge in [-0.25, -0.2) is 0 Å². The highest BCUT2D eigenvalue weighted by atomic mass is 16.7. The first-order chi connectivity index (χ1) is 21.6. The van der Waals surface area contributed by atoms with Gasteiger partial charge in [0.15, 0.2) is 12.4 Å². The van der Waals surface area contributed by atoms with Gasteiger partial charge in [0.25, 0.3) is 0 Å². The Kier molecular flexibility index (Phi) is 28.1. The Morgan fingerprint density at radius 1 is 0.644 bits per heavy atom. The van der Waals surface area contributed by atoms with Gasteiger partial charge in [-0.05, 0) is 38.5 Å². The summed E-state index contributed by atoms with van der Waals surface area (Å²) in [5, 5.41) is 11.6. The van der Waals surface area contributed by atoms with Gasteiger partial charge in [0.1, 0.15) is 13.2 Å². The number of carbonyl (C=O) groups excluding carboxylic acids is 3. The number of ether oxygens (including phenoxy) is 4. The van der Waals surface area contributed by atoms with E-state index in [0.29, 0.717) is 17.4 Å². The summed E-state index contributed by atoms with van der Waals surface area (Å²) in [4.78, 5) is 36.4. The van der Waals surface area contributed by atoms with Crippen molar-refractivity contribution in [2.24, 2.45) is 0 Å². The maximum atomic E-state index is 12.6. The van der Waals surface area contributed by atoms with Gasteiger partial charge in [-0.15, -0.1) is 0 Å². The Balaban J connectivity index is 4.47. The minimum atomic E-state index is -1.61. The summed E-state index contributed by atoms with van der Waals surface area (Å²) in [5.74, 6) is -2.31. The van der Waals surface area contributed by atoms with E-state index in [4.69, 9.17) is 18.9 Å². The third kappa shape index (κ3) is 30.4. The third-order valence-corrected chi connectivity index (χ3v) is 7.51. The summed E-state index contributed by atoms with van der Waals surface area (Å²) in [7, 11) is 5.88. The van der Waals surface area contributed by atoms with Crippen LogP contribution in [0.1, 0.15) is 142 Å². The molecule has 0 aliphatic rings. The van der Waals surface area contributed by atoms with Crippen molar-refractivity contribution >= 4 is 17.9 Å². The molecule has 0 aromatic rings. The molecule has 0 rings (SSSR count). The first-order valence-corrected chi connectivity index (χ1v) is 17.8. The second-order valence-electron chi connectivity index (χ2n) is 13.2. The average Bonchev–Trinajstić information content (AvgIpc) is 2.98. The molecule has 0 aromatic carbocycles. The number of unbranched alkanes of at least 4 members (excludes halogenated alkanes) is 15. The molecule has 0 saturated carbocycles. The number of quaternary nitrogens is 1. The van der Waals surface area contributed by atoms with Crippen LogP contribution in [0.5, 0.6) is 0 Å². The lowest BCUT2D eigenvalue weighted by Crippen LogP contribution is -2.44. The van der Waals surface area contributed by atoms with E-state index in [9.17, 15) is 19.5 Å². The first-order valence-electron chi connectivity index (χ1n) is 17.8. The lowest BCUT2D eigenvalue weighted by atomic mass is 10.1. The summed E-state index contributed by atoms with van der Waals surface area (Å²) >= 11 is 0. The number of allylic oxidation sites excluding steroid dienone is 2. The number of rotatable bonds is 32. The molecule has 0 radical (unpaired) electrons. The Bertz CT molecular complexity index is 765. The number of nitrogens with zero attached hydrogens (tertiary/aromatic N) is 1. The maximum absolute atomic E-state index is 12.6. The van der Waals surface area contributed by atoms with Gasteiger partial charge in [0.2, 0.25) is 0 Å². The number of carboxylic acid groups (broad SMARTS) is 1. The zero-order valence-corrected chi connectivity index (χ0v) is 29.5. The number of carboxylic acids is 1. The van der Waals surface area contributed by atoms with Crippen LogP contribution >= 0.6 is 0 Å². The van der Waals surface area contributed by atoms with Gasteiger partial charge >= 0.3 is 11.9 Å². The Hall–Kier alpha value is -1.97. The van der Waals surface area contributed by atoms with Crippen LogP contribution in [0.4, 0.5) is 0 Å². The van der Waals surface area contributed by atoms with Gasteiger partial charge in [-0.1, -0.05) is 103 Å². The molecule has 0 bridgehead atoms. The fourth-order valence-electron chi connectivity index (χ4n) is 4.64. The lowest BCUT2D eigenvalue weighted by molar-refractivity contribution is -0.870. The molecular formula is C36H67NO8. The van der Waals surface area contributed by atoms with E-state index in [0.717, 1.165) is 64.2 Å². The topological polar surface area (TPSA) is 111 Å². The Morgan fingerprint density at radius 3 is 1.64 bits per heavy atom. The van der Waals surface area contributed by atoms with Crippen molar-refractivity contribution in [2.45, 2.75) is 155 Å². The van der Waals surface area contributed by atoms with Gasteiger partial charge in [-0.2, -0.15) is 0 Å². The second-order valence-corrected chi connectivity index (χ2v) is 13.2. The highest BCUT2D eigenvalue weighted by Crippen LogP contribution is 2.12. The van der Waals surface area contributed by atoms with Crippen LogP contribution < -0.4 is 5.11 Å². The van der Waals surface area contributed by atoms with Crippen LogP contribution in [0.2, 0.25) is 0 Å². The summed E-state index contributed by atoms with van der Waals surface area (Å²) < 4.78 is 22.2. The average molecular weight is 642 g/mol. The summed E-state index contributed by atoms with van der Waals surface area (Å²) in [6.07, 6.45) is 22.8. The standard InChI is InChI=1S/C36H67NO8/c1-6-8-10-12-13-14-15-16-17-18-19-20-21-23-25-27-34(39)45-32(30-43-33(38)26-24-22-11-9-7-2)31-44-36(35(40)41)42-29-28-37(3,4)5/h16-17,32,36H,6-15,18-31H2,1-5H3/b17-16-. The van der Waals surface area contributed by atoms with Gasteiger partial charge in [0.05, 0.1) is 40.3 Å². The summed E-state index contributed by atoms with van der Waals surface area (Å²) in [5.41, 5.74) is 0. The van der Waals surface area contributed by atoms with Crippen molar-refractivity contribution in [3.63, 3.8) is 0 Å². The Labute approximate surface area is 275 Å². The number of carbonyl (C=O) groups is 3. The summed E-state index contributed by atoms with van der Waals surface area (Å²) in [6, 6.07) is 0. The molecule has 9 heteroatoms. The van der Waals surface area contributed by atoms with Crippen molar-refractivity contribution in [2.75, 3.05) is 47.5 Å². The molecule has 0 fully saturated rings. The van der Waals surface area contributed by atoms with Crippen molar-refractivity contribution < 1.29 is 42.9 Å². The predicted octanol–water partition coefficient (Wildman–Crippen LogP) is 6.65. The van der Waals surface area contributed by atoms with Crippen LogP contribution in [0.15, 0.2) is 12.2 Å². The highest BCUT2D eigenvalue weighted by molar-refractivity contribution is 5.70. The fraction of sp³-hybridized carbons (Fsp3) is 0.861. The van der Waals surface area contributed by atoms with Gasteiger partial charge in [0, 0.05) is 12.8 Å². The molecule has 0 N–H and O–H groups in total. The molecule has 264 valence electrons. The van der Waals surface area contributed by atoms with Crippen molar-refractivity contribution in [1.82, 2.24) is 0 Å². The zero-order valence-electron chi connectivity index (χ0n) is 29.5. The molecular weight excluding hydrogens is 574 g/mol. The molecule has 45 heavy (non-hydrogen) atoms. The molecule has 0 saturated heterocycles. The molecule has 2 atom stereocenters. The Morgan fingerprint density at radius 2 is 1.13 bits per heavy atom. The number of hydrogen-bond acceptors (Lipinski definition) is 8. The molecule has 0 spiro atoms. The number of likely N-dealkylation sites (N-methyl/N-ethyl adjacent to an activating group) is 1. The molecule has 0 amide bonds. The van der Waals surface area contributed by atoms with Crippen LogP contribution in [-0.2, 0) is 33.3 Å². The predicted molar refractivity (Wildman–Crippen MR) is 177 cm³/mol. The van der Waals surface area contributed by atoms with E-state index in [1.54, 1.807) is 0 Å². The highest BCUT2D eigenvalue weighted by Gasteiger charge is 2.21. The van der Waals surface area contributed by atoms with E-state index < -0.39 is 24.3 Å². The minimum absolute atomic E-state index is 0.148. The van der Waals surface area contributed by atoms with Gasteiger partial charge in [-0.3, -0.25) is 9.59 Å². The smallest absolute Gasteiger partial charge is 0.306 e. The third-order valence-electron chi connectivity index (χ3n) is 7.51. The number of aliphatic carboxylic acids is 1. The van der Waals surface area contributed by atoms with Crippen LogP contribution in [0, 0.1) is 0 Å². The number of hydrogen-bond donors (Lipinski definition) is 0. The van der Waals surface area contributed by atoms with E-state index in [1.165, 1.54) is 44.9 Å². The maximum Gasteiger partial charge on any atom is 0.306 e. The second kappa shape index (κ2) is 29.4. The molecule has 0 aliphatic carbocycles. The monoisotopic (exact) mass is 641 g/mol. The van der Waals surface area contributed by atoms with Crippen molar-refractivity contribution in [3.05, 3.63) is 12.2 Å². The fourth-order valence-corrected chi connectivity index (χ4v) is 4.64. The molecule has 9 nitrogen and oxygen atoms in total. The van der Waals surface area contributed by atoms with Crippen molar-refractivity contribution in [1.29, 1.82) is 0 Å². The largest absolute Gasteiger partial charge is 0.545 e. The van der Waals surface area contributed by atoms with E-state index >= 15 is 0 Å². The SMILES string of the molecule is CCCCCCCC/C=C\CCCCCCCC(=O)OC(COC(=O)CCCCCCC)COC(OCC[N+](C)(C)C)C(=O)[O-]. The van der Waals surface area contributed by atoms with Crippen molar-refractivity contribution in [3.8, 4) is 0 Å². The lowest BCUT2D eigenvalue weighted by Gasteiger charge is -2.26. The molecule has 2 unspecified atom stereocenters. The zero-order chi connectivity index (χ0) is 33.6. The molecule has 0 aliphatic heterocycles. The van der Waals surface area contributed by atoms with E-state index in [-0.39, 0.29) is 38.6 Å². The minimum Gasteiger partial charge on any atom is -0.545 e. The van der Waals surface area contributed by atoms with Crippen LogP contribution in [0.25, 0.3) is 0 Å². The summed E-state index contributed by atoms with van der Waals surface area (Å²) in [6.45, 7) is 4.60. The molecule has 0 aromatic heterocycles. The van der Waals surface area contributed by atoms with Crippen LogP contribution in [0.3, 0.4) is 0 Å². The van der Waals surface area contributed by atoms with Gasteiger partial charge < -0.3 is 33.3 Å². The van der Waals surface area contributed by atoms with E-state index in [1.807, 2.05) is 21.1 Å². The van der Waals surface area contributed by atoms with E-state index in [2.05, 4.69) is 26.0 Å². The molecule has 0 heterocycles. The normalized spacial score (nSPS) is 13.2.